The highest BCUT2D eigenvalue weighted by Crippen LogP contribution is 2.27. The zero-order valence-electron chi connectivity index (χ0n) is 9.83. The first-order valence-corrected chi connectivity index (χ1v) is 5.68. The molecule has 0 saturated heterocycles. The lowest BCUT2D eigenvalue weighted by Crippen LogP contribution is -2.09. The molecule has 1 aromatic carbocycles. The summed E-state index contributed by atoms with van der Waals surface area (Å²) in [6, 6.07) is 7.99. The molecule has 0 bridgehead atoms. The van der Waals surface area contributed by atoms with Gasteiger partial charge in [0.05, 0.1) is 24.1 Å². The van der Waals surface area contributed by atoms with Crippen LogP contribution in [0.25, 0.3) is 0 Å². The fourth-order valence-corrected chi connectivity index (χ4v) is 1.80. The molecule has 0 saturated carbocycles. The van der Waals surface area contributed by atoms with Crippen LogP contribution in [0.15, 0.2) is 18.2 Å². The molecular formula is C13H16ClNO. The van der Waals surface area contributed by atoms with E-state index in [0.29, 0.717) is 16.7 Å². The summed E-state index contributed by atoms with van der Waals surface area (Å²) in [5.41, 5.74) is 1.08. The van der Waals surface area contributed by atoms with Crippen LogP contribution in [0.2, 0.25) is 5.02 Å². The molecule has 0 fully saturated rings. The number of nitriles is 1. The number of halogens is 1. The number of rotatable bonds is 4. The van der Waals surface area contributed by atoms with Crippen molar-refractivity contribution in [1.82, 2.24) is 0 Å². The smallest absolute Gasteiger partial charge is 0.137 e. The summed E-state index contributed by atoms with van der Waals surface area (Å²) in [4.78, 5) is 0. The van der Waals surface area contributed by atoms with Gasteiger partial charge in [-0.3, -0.25) is 0 Å². The van der Waals surface area contributed by atoms with Crippen LogP contribution >= 0.6 is 11.6 Å². The van der Waals surface area contributed by atoms with Gasteiger partial charge in [-0.05, 0) is 30.0 Å². The summed E-state index contributed by atoms with van der Waals surface area (Å²) in [7, 11) is 1.59. The van der Waals surface area contributed by atoms with Crippen molar-refractivity contribution in [3.63, 3.8) is 0 Å². The molecular weight excluding hydrogens is 222 g/mol. The van der Waals surface area contributed by atoms with Gasteiger partial charge in [-0.2, -0.15) is 5.26 Å². The molecule has 0 aliphatic heterocycles. The van der Waals surface area contributed by atoms with E-state index in [1.165, 1.54) is 0 Å². The van der Waals surface area contributed by atoms with Crippen LogP contribution in [0.5, 0.6) is 5.75 Å². The normalized spacial score (nSPS) is 12.2. The molecule has 3 heteroatoms. The number of hydrogen-bond donors (Lipinski definition) is 0. The topological polar surface area (TPSA) is 33.0 Å². The second-order valence-electron chi connectivity index (χ2n) is 4.15. The van der Waals surface area contributed by atoms with Gasteiger partial charge >= 0.3 is 0 Å². The third-order valence-electron chi connectivity index (χ3n) is 2.64. The van der Waals surface area contributed by atoms with Crippen LogP contribution in [0, 0.1) is 23.2 Å². The van der Waals surface area contributed by atoms with Crippen molar-refractivity contribution in [2.45, 2.75) is 20.3 Å². The van der Waals surface area contributed by atoms with Gasteiger partial charge in [-0.25, -0.2) is 0 Å². The van der Waals surface area contributed by atoms with Gasteiger partial charge in [0.15, 0.2) is 0 Å². The van der Waals surface area contributed by atoms with Crippen LogP contribution in [0.4, 0.5) is 0 Å². The lowest BCUT2D eigenvalue weighted by Gasteiger charge is -2.13. The molecule has 0 radical (unpaired) electrons. The maximum absolute atomic E-state index is 9.02. The first-order valence-electron chi connectivity index (χ1n) is 5.30. The van der Waals surface area contributed by atoms with E-state index in [-0.39, 0.29) is 5.92 Å². The average Bonchev–Trinajstić information content (AvgIpc) is 2.25. The van der Waals surface area contributed by atoms with Gasteiger partial charge < -0.3 is 4.74 Å². The molecule has 0 aliphatic carbocycles. The summed E-state index contributed by atoms with van der Waals surface area (Å²) in [6.45, 7) is 4.11. The second-order valence-corrected chi connectivity index (χ2v) is 4.56. The van der Waals surface area contributed by atoms with E-state index in [4.69, 9.17) is 21.6 Å². The van der Waals surface area contributed by atoms with Crippen LogP contribution in [-0.2, 0) is 6.42 Å². The molecule has 1 atom stereocenters. The van der Waals surface area contributed by atoms with Gasteiger partial charge in [0.1, 0.15) is 5.75 Å². The largest absolute Gasteiger partial charge is 0.495 e. The lowest BCUT2D eigenvalue weighted by atomic mass is 9.90. The van der Waals surface area contributed by atoms with Gasteiger partial charge in [0.25, 0.3) is 0 Å². The Kier molecular flexibility index (Phi) is 4.64. The SMILES string of the molecule is COc1ccc(CC(C#N)C(C)C)cc1Cl. The van der Waals surface area contributed by atoms with E-state index >= 15 is 0 Å². The molecule has 86 valence electrons. The van der Waals surface area contributed by atoms with E-state index in [2.05, 4.69) is 19.9 Å². The van der Waals surface area contributed by atoms with E-state index in [9.17, 15) is 0 Å². The lowest BCUT2D eigenvalue weighted by molar-refractivity contribution is 0.414. The van der Waals surface area contributed by atoms with Gasteiger partial charge in [0.2, 0.25) is 0 Å². The summed E-state index contributed by atoms with van der Waals surface area (Å²) >= 11 is 6.03. The van der Waals surface area contributed by atoms with Crippen molar-refractivity contribution in [2.24, 2.45) is 11.8 Å². The van der Waals surface area contributed by atoms with Gasteiger partial charge in [-0.1, -0.05) is 31.5 Å². The number of methoxy groups -OCH3 is 1. The van der Waals surface area contributed by atoms with Gasteiger partial charge in [0, 0.05) is 0 Å². The Bertz CT molecular complexity index is 395. The quantitative estimate of drug-likeness (QED) is 0.800. The maximum atomic E-state index is 9.02. The first kappa shape index (κ1) is 12.9. The zero-order valence-corrected chi connectivity index (χ0v) is 10.6. The fourth-order valence-electron chi connectivity index (χ4n) is 1.52. The van der Waals surface area contributed by atoms with Crippen LogP contribution in [-0.4, -0.2) is 7.11 Å². The van der Waals surface area contributed by atoms with E-state index < -0.39 is 0 Å². The summed E-state index contributed by atoms with van der Waals surface area (Å²) in [5, 5.41) is 9.62. The Balaban J connectivity index is 2.83. The molecule has 2 nitrogen and oxygen atoms in total. The maximum Gasteiger partial charge on any atom is 0.137 e. The molecule has 1 aromatic rings. The van der Waals surface area contributed by atoms with E-state index in [1.54, 1.807) is 7.11 Å². The molecule has 0 heterocycles. The van der Waals surface area contributed by atoms with Gasteiger partial charge in [-0.15, -0.1) is 0 Å². The van der Waals surface area contributed by atoms with Crippen molar-refractivity contribution in [3.8, 4) is 11.8 Å². The molecule has 1 unspecified atom stereocenters. The third-order valence-corrected chi connectivity index (χ3v) is 2.94. The number of nitrogens with zero attached hydrogens (tertiary/aromatic N) is 1. The second kappa shape index (κ2) is 5.77. The minimum atomic E-state index is 0.0319. The Morgan fingerprint density at radius 2 is 2.12 bits per heavy atom. The van der Waals surface area contributed by atoms with Crippen molar-refractivity contribution in [1.29, 1.82) is 5.26 Å². The Morgan fingerprint density at radius 1 is 1.44 bits per heavy atom. The molecule has 1 rings (SSSR count). The molecule has 0 aliphatic rings. The highest BCUT2D eigenvalue weighted by atomic mass is 35.5. The minimum absolute atomic E-state index is 0.0319. The Morgan fingerprint density at radius 3 is 2.56 bits per heavy atom. The summed E-state index contributed by atoms with van der Waals surface area (Å²) < 4.78 is 5.08. The minimum Gasteiger partial charge on any atom is -0.495 e. The number of benzene rings is 1. The standard InChI is InChI=1S/C13H16ClNO/c1-9(2)11(8-15)6-10-4-5-13(16-3)12(14)7-10/h4-5,7,9,11H,6H2,1-3H3. The molecule has 16 heavy (non-hydrogen) atoms. The number of ether oxygens (including phenoxy) is 1. The molecule has 0 spiro atoms. The van der Waals surface area contributed by atoms with Crippen molar-refractivity contribution in [2.75, 3.05) is 7.11 Å². The van der Waals surface area contributed by atoms with Crippen LogP contribution in [0.1, 0.15) is 19.4 Å². The molecule has 0 N–H and O–H groups in total. The molecule has 0 aromatic heterocycles. The summed E-state index contributed by atoms with van der Waals surface area (Å²) in [5.74, 6) is 1.05. The van der Waals surface area contributed by atoms with E-state index in [1.807, 2.05) is 18.2 Å². The van der Waals surface area contributed by atoms with Crippen LogP contribution < -0.4 is 4.74 Å². The predicted molar refractivity (Wildman–Crippen MR) is 65.6 cm³/mol. The fraction of sp³-hybridized carbons (Fsp3) is 0.462. The highest BCUT2D eigenvalue weighted by molar-refractivity contribution is 6.32. The Labute approximate surface area is 102 Å². The third kappa shape index (κ3) is 3.15. The highest BCUT2D eigenvalue weighted by Gasteiger charge is 2.13. The average molecular weight is 238 g/mol. The Hall–Kier alpha value is -1.20. The van der Waals surface area contributed by atoms with Crippen molar-refractivity contribution >= 4 is 11.6 Å². The zero-order chi connectivity index (χ0) is 12.1. The van der Waals surface area contributed by atoms with Crippen molar-refractivity contribution < 1.29 is 4.74 Å². The van der Waals surface area contributed by atoms with E-state index in [0.717, 1.165) is 12.0 Å². The van der Waals surface area contributed by atoms with Crippen molar-refractivity contribution in [3.05, 3.63) is 28.8 Å². The number of hydrogen-bond acceptors (Lipinski definition) is 2. The predicted octanol–water partition coefficient (Wildman–Crippen LogP) is 3.69. The first-order chi connectivity index (χ1) is 7.58. The summed E-state index contributed by atoms with van der Waals surface area (Å²) in [6.07, 6.45) is 0.734. The monoisotopic (exact) mass is 237 g/mol. The van der Waals surface area contributed by atoms with Crippen LogP contribution in [0.3, 0.4) is 0 Å². The molecule has 0 amide bonds.